The maximum atomic E-state index is 12.6. The van der Waals surface area contributed by atoms with E-state index in [4.69, 9.17) is 31.4 Å². The first-order valence-electron chi connectivity index (χ1n) is 9.33. The van der Waals surface area contributed by atoms with Crippen molar-refractivity contribution in [2.75, 3.05) is 0 Å². The van der Waals surface area contributed by atoms with Crippen LogP contribution in [-0.4, -0.2) is 32.1 Å². The highest BCUT2D eigenvalue weighted by Gasteiger charge is 2.12. The lowest BCUT2D eigenvalue weighted by atomic mass is 10.1. The molecule has 2 aromatic carbocycles. The molecule has 0 aliphatic rings. The summed E-state index contributed by atoms with van der Waals surface area (Å²) in [6.45, 7) is 1.08. The SMILES string of the molecule is O=C(O)C(=O)O.O=c1[nH]c(CNCc2ccccc2Cl)nc2scc(-c3ccccc3)c12. The van der Waals surface area contributed by atoms with Crippen LogP contribution >= 0.6 is 22.9 Å². The van der Waals surface area contributed by atoms with E-state index in [1.807, 2.05) is 60.0 Å². The average molecular weight is 472 g/mol. The van der Waals surface area contributed by atoms with Crippen molar-refractivity contribution in [3.05, 3.63) is 86.7 Å². The highest BCUT2D eigenvalue weighted by atomic mass is 35.5. The largest absolute Gasteiger partial charge is 0.473 e. The molecule has 4 aromatic rings. The van der Waals surface area contributed by atoms with E-state index in [0.717, 1.165) is 26.5 Å². The van der Waals surface area contributed by atoms with E-state index in [9.17, 15) is 4.79 Å². The summed E-state index contributed by atoms with van der Waals surface area (Å²) in [5, 5.41) is 21.4. The summed E-state index contributed by atoms with van der Waals surface area (Å²) >= 11 is 7.65. The second-order valence-electron chi connectivity index (χ2n) is 6.51. The number of carboxylic acids is 2. The molecule has 0 aliphatic heterocycles. The molecular weight excluding hydrogens is 454 g/mol. The van der Waals surface area contributed by atoms with E-state index in [1.54, 1.807) is 0 Å². The number of aliphatic carboxylic acids is 2. The molecule has 0 radical (unpaired) electrons. The van der Waals surface area contributed by atoms with Crippen molar-refractivity contribution < 1.29 is 19.8 Å². The number of rotatable bonds is 5. The number of halogens is 1. The third-order valence-corrected chi connectivity index (χ3v) is 5.57. The third-order valence-electron chi connectivity index (χ3n) is 4.33. The van der Waals surface area contributed by atoms with Crippen molar-refractivity contribution in [2.24, 2.45) is 0 Å². The van der Waals surface area contributed by atoms with Gasteiger partial charge in [-0.3, -0.25) is 4.79 Å². The minimum absolute atomic E-state index is 0.107. The Bertz CT molecular complexity index is 1290. The van der Waals surface area contributed by atoms with Gasteiger partial charge in [-0.25, -0.2) is 14.6 Å². The minimum Gasteiger partial charge on any atom is -0.473 e. The van der Waals surface area contributed by atoms with Crippen LogP contribution in [0.2, 0.25) is 5.02 Å². The van der Waals surface area contributed by atoms with Gasteiger partial charge in [0.2, 0.25) is 0 Å². The van der Waals surface area contributed by atoms with Crippen molar-refractivity contribution in [1.82, 2.24) is 15.3 Å². The second-order valence-corrected chi connectivity index (χ2v) is 7.78. The maximum Gasteiger partial charge on any atom is 0.414 e. The fourth-order valence-electron chi connectivity index (χ4n) is 2.86. The van der Waals surface area contributed by atoms with Gasteiger partial charge in [-0.1, -0.05) is 60.1 Å². The monoisotopic (exact) mass is 471 g/mol. The normalized spacial score (nSPS) is 10.4. The summed E-state index contributed by atoms with van der Waals surface area (Å²) in [6, 6.07) is 17.6. The lowest BCUT2D eigenvalue weighted by Crippen LogP contribution is -2.19. The van der Waals surface area contributed by atoms with Crippen LogP contribution in [0.5, 0.6) is 0 Å². The van der Waals surface area contributed by atoms with Crippen molar-refractivity contribution in [2.45, 2.75) is 13.1 Å². The van der Waals surface area contributed by atoms with Gasteiger partial charge in [0, 0.05) is 22.5 Å². The van der Waals surface area contributed by atoms with Crippen LogP contribution in [0, 0.1) is 0 Å². The van der Waals surface area contributed by atoms with Crippen LogP contribution in [0.25, 0.3) is 21.3 Å². The lowest BCUT2D eigenvalue weighted by Gasteiger charge is -2.06. The molecule has 0 saturated heterocycles. The number of carbonyl (C=O) groups is 2. The van der Waals surface area contributed by atoms with E-state index in [2.05, 4.69) is 15.3 Å². The number of thiophene rings is 1. The number of nitrogens with zero attached hydrogens (tertiary/aromatic N) is 1. The van der Waals surface area contributed by atoms with Crippen molar-refractivity contribution >= 4 is 45.1 Å². The third kappa shape index (κ3) is 5.79. The molecule has 0 saturated carbocycles. The highest BCUT2D eigenvalue weighted by molar-refractivity contribution is 7.17. The first-order valence-corrected chi connectivity index (χ1v) is 10.6. The summed E-state index contributed by atoms with van der Waals surface area (Å²) in [4.78, 5) is 39.1. The molecule has 2 heterocycles. The number of H-pyrrole nitrogens is 1. The van der Waals surface area contributed by atoms with Gasteiger partial charge in [-0.15, -0.1) is 11.3 Å². The number of hydrogen-bond donors (Lipinski definition) is 4. The summed E-state index contributed by atoms with van der Waals surface area (Å²) in [5.41, 5.74) is 2.86. The number of aromatic amines is 1. The van der Waals surface area contributed by atoms with E-state index in [1.165, 1.54) is 11.3 Å². The molecular formula is C22H18ClN3O5S. The van der Waals surface area contributed by atoms with Gasteiger partial charge < -0.3 is 20.5 Å². The zero-order valence-corrected chi connectivity index (χ0v) is 18.1. The number of benzene rings is 2. The van der Waals surface area contributed by atoms with Gasteiger partial charge in [-0.2, -0.15) is 0 Å². The molecule has 0 unspecified atom stereocenters. The first kappa shape index (κ1) is 23.1. The lowest BCUT2D eigenvalue weighted by molar-refractivity contribution is -0.159. The standard InChI is InChI=1S/C20H16ClN3OS.C2H2O4/c21-16-9-5-4-8-14(16)10-22-11-17-23-19(25)18-15(12-26-20(18)24-17)13-6-2-1-3-7-13;3-1(4)2(5)6/h1-9,12,22H,10-11H2,(H,23,24,25);(H,3,4)(H,5,6). The average Bonchev–Trinajstić information content (AvgIpc) is 3.21. The molecule has 8 nitrogen and oxygen atoms in total. The molecule has 4 rings (SSSR count). The second kappa shape index (κ2) is 10.7. The van der Waals surface area contributed by atoms with Gasteiger partial charge in [0.1, 0.15) is 10.7 Å². The first-order chi connectivity index (χ1) is 15.4. The van der Waals surface area contributed by atoms with Gasteiger partial charge in [-0.05, 0) is 17.2 Å². The zero-order chi connectivity index (χ0) is 23.1. The number of fused-ring (bicyclic) bond motifs is 1. The molecule has 0 atom stereocenters. The van der Waals surface area contributed by atoms with E-state index >= 15 is 0 Å². The molecule has 32 heavy (non-hydrogen) atoms. The van der Waals surface area contributed by atoms with Crippen LogP contribution in [-0.2, 0) is 22.7 Å². The Morgan fingerprint density at radius 2 is 1.66 bits per heavy atom. The topological polar surface area (TPSA) is 132 Å². The summed E-state index contributed by atoms with van der Waals surface area (Å²) in [5.74, 6) is -3.03. The molecule has 10 heteroatoms. The van der Waals surface area contributed by atoms with Gasteiger partial charge in [0.25, 0.3) is 5.56 Å². The van der Waals surface area contributed by atoms with Crippen molar-refractivity contribution in [3.63, 3.8) is 0 Å². The zero-order valence-electron chi connectivity index (χ0n) is 16.5. The Morgan fingerprint density at radius 1 is 1.00 bits per heavy atom. The van der Waals surface area contributed by atoms with E-state index in [0.29, 0.717) is 24.3 Å². The van der Waals surface area contributed by atoms with Crippen molar-refractivity contribution in [1.29, 1.82) is 0 Å². The van der Waals surface area contributed by atoms with E-state index < -0.39 is 11.9 Å². The number of aromatic nitrogens is 2. The minimum atomic E-state index is -1.82. The Kier molecular flexibility index (Phi) is 7.72. The van der Waals surface area contributed by atoms with Gasteiger partial charge >= 0.3 is 11.9 Å². The van der Waals surface area contributed by atoms with Crippen LogP contribution < -0.4 is 10.9 Å². The summed E-state index contributed by atoms with van der Waals surface area (Å²) in [7, 11) is 0. The maximum absolute atomic E-state index is 12.6. The Balaban J connectivity index is 0.000000427. The Labute approximate surface area is 191 Å². The number of hydrogen-bond acceptors (Lipinski definition) is 6. The molecule has 0 aliphatic carbocycles. The van der Waals surface area contributed by atoms with Crippen LogP contribution in [0.1, 0.15) is 11.4 Å². The van der Waals surface area contributed by atoms with Crippen LogP contribution in [0.3, 0.4) is 0 Å². The molecule has 2 aromatic heterocycles. The summed E-state index contributed by atoms with van der Waals surface area (Å²) < 4.78 is 0. The molecule has 0 bridgehead atoms. The Morgan fingerprint density at radius 3 is 2.31 bits per heavy atom. The smallest absolute Gasteiger partial charge is 0.414 e. The van der Waals surface area contributed by atoms with E-state index in [-0.39, 0.29) is 5.56 Å². The number of nitrogens with one attached hydrogen (secondary N) is 2. The fourth-order valence-corrected chi connectivity index (χ4v) is 4.03. The predicted octanol–water partition coefficient (Wildman–Crippen LogP) is 3.75. The van der Waals surface area contributed by atoms with Crippen LogP contribution in [0.15, 0.2) is 64.8 Å². The summed E-state index contributed by atoms with van der Waals surface area (Å²) in [6.07, 6.45) is 0. The van der Waals surface area contributed by atoms with Crippen molar-refractivity contribution in [3.8, 4) is 11.1 Å². The predicted molar refractivity (Wildman–Crippen MR) is 123 cm³/mol. The van der Waals surface area contributed by atoms with Gasteiger partial charge in [0.05, 0.1) is 11.9 Å². The van der Waals surface area contributed by atoms with Crippen LogP contribution in [0.4, 0.5) is 0 Å². The molecule has 164 valence electrons. The number of carboxylic acid groups (broad SMARTS) is 2. The molecule has 0 fully saturated rings. The molecule has 4 N–H and O–H groups in total. The quantitative estimate of drug-likeness (QED) is 0.326. The van der Waals surface area contributed by atoms with Gasteiger partial charge in [0.15, 0.2) is 0 Å². The molecule has 0 amide bonds. The molecule has 0 spiro atoms. The Hall–Kier alpha value is -3.53. The fraction of sp³-hybridized carbons (Fsp3) is 0.0909. The highest BCUT2D eigenvalue weighted by Crippen LogP contribution is 2.30.